The summed E-state index contributed by atoms with van der Waals surface area (Å²) in [7, 11) is 0. The Kier molecular flexibility index (Phi) is 5.27. The van der Waals surface area contributed by atoms with E-state index >= 15 is 0 Å². The van der Waals surface area contributed by atoms with Crippen LogP contribution in [0.15, 0.2) is 42.5 Å². The van der Waals surface area contributed by atoms with Crippen LogP contribution in [0, 0.1) is 10.1 Å². The van der Waals surface area contributed by atoms with Gasteiger partial charge in [-0.05, 0) is 24.3 Å². The van der Waals surface area contributed by atoms with Crippen LogP contribution >= 0.6 is 11.6 Å². The molecule has 2 aromatic rings. The molecule has 1 heterocycles. The number of carboxylic acids is 1. The monoisotopic (exact) mass is 389 g/mol. The van der Waals surface area contributed by atoms with Gasteiger partial charge in [0.05, 0.1) is 16.1 Å². The van der Waals surface area contributed by atoms with Crippen molar-refractivity contribution in [1.82, 2.24) is 4.90 Å². The van der Waals surface area contributed by atoms with E-state index < -0.39 is 16.8 Å². The number of amides is 1. The molecule has 0 aliphatic carbocycles. The van der Waals surface area contributed by atoms with Gasteiger partial charge in [0.25, 0.3) is 11.6 Å². The molecular formula is C18H16ClN3O5. The molecule has 1 amide bonds. The highest BCUT2D eigenvalue weighted by molar-refractivity contribution is 6.30. The molecule has 2 aromatic carbocycles. The van der Waals surface area contributed by atoms with Crippen LogP contribution in [0.1, 0.15) is 20.7 Å². The molecule has 0 saturated carbocycles. The minimum Gasteiger partial charge on any atom is -0.478 e. The van der Waals surface area contributed by atoms with Crippen LogP contribution < -0.4 is 4.90 Å². The standard InChI is InChI=1S/C18H16ClN3O5/c19-12-2-1-3-13(10-12)20-6-8-21(9-7-20)17(23)15-5-4-14(22(26)27)11-16(15)18(24)25/h1-5,10-11H,6-9H2,(H,24,25). The topological polar surface area (TPSA) is 104 Å². The maximum Gasteiger partial charge on any atom is 0.336 e. The summed E-state index contributed by atoms with van der Waals surface area (Å²) < 4.78 is 0. The number of nitrogens with zero attached hydrogens (tertiary/aromatic N) is 3. The highest BCUT2D eigenvalue weighted by Crippen LogP contribution is 2.23. The van der Waals surface area contributed by atoms with E-state index in [9.17, 15) is 24.8 Å². The first-order chi connectivity index (χ1) is 12.9. The maximum atomic E-state index is 12.8. The summed E-state index contributed by atoms with van der Waals surface area (Å²) in [6.07, 6.45) is 0. The largest absolute Gasteiger partial charge is 0.478 e. The number of rotatable bonds is 4. The molecule has 0 radical (unpaired) electrons. The zero-order chi connectivity index (χ0) is 19.6. The molecule has 1 aliphatic heterocycles. The van der Waals surface area contributed by atoms with Gasteiger partial charge in [-0.25, -0.2) is 4.79 Å². The second kappa shape index (κ2) is 7.63. The molecule has 1 saturated heterocycles. The third-order valence-electron chi connectivity index (χ3n) is 4.42. The smallest absolute Gasteiger partial charge is 0.336 e. The van der Waals surface area contributed by atoms with Gasteiger partial charge in [-0.15, -0.1) is 0 Å². The fourth-order valence-corrected chi connectivity index (χ4v) is 3.20. The maximum absolute atomic E-state index is 12.8. The van der Waals surface area contributed by atoms with Gasteiger partial charge < -0.3 is 14.9 Å². The molecule has 1 N–H and O–H groups in total. The zero-order valence-corrected chi connectivity index (χ0v) is 14.9. The minimum absolute atomic E-state index is 0.0516. The summed E-state index contributed by atoms with van der Waals surface area (Å²) >= 11 is 6.01. The molecule has 140 valence electrons. The van der Waals surface area contributed by atoms with Crippen LogP contribution in [-0.4, -0.2) is 53.0 Å². The fraction of sp³-hybridized carbons (Fsp3) is 0.222. The molecular weight excluding hydrogens is 374 g/mol. The van der Waals surface area contributed by atoms with Crippen LogP contribution in [0.3, 0.4) is 0 Å². The molecule has 27 heavy (non-hydrogen) atoms. The van der Waals surface area contributed by atoms with Gasteiger partial charge in [0.2, 0.25) is 0 Å². The molecule has 8 nitrogen and oxygen atoms in total. The lowest BCUT2D eigenvalue weighted by atomic mass is 10.0. The Morgan fingerprint density at radius 2 is 1.74 bits per heavy atom. The number of nitro groups is 1. The van der Waals surface area contributed by atoms with Gasteiger partial charge in [0.15, 0.2) is 0 Å². The third-order valence-corrected chi connectivity index (χ3v) is 4.65. The number of piperazine rings is 1. The number of hydrogen-bond acceptors (Lipinski definition) is 5. The van der Waals surface area contributed by atoms with Crippen molar-refractivity contribution < 1.29 is 19.6 Å². The Labute approximate surface area is 159 Å². The molecule has 1 aliphatic rings. The fourth-order valence-electron chi connectivity index (χ4n) is 3.02. The molecule has 0 atom stereocenters. The number of nitro benzene ring substituents is 1. The number of carboxylic acid groups (broad SMARTS) is 1. The normalized spacial score (nSPS) is 14.1. The van der Waals surface area contributed by atoms with E-state index in [1.165, 1.54) is 6.07 Å². The van der Waals surface area contributed by atoms with Gasteiger partial charge in [0.1, 0.15) is 0 Å². The first-order valence-electron chi connectivity index (χ1n) is 8.18. The quantitative estimate of drug-likeness (QED) is 0.636. The summed E-state index contributed by atoms with van der Waals surface area (Å²) in [5.41, 5.74) is 0.168. The number of aromatic carboxylic acids is 1. The van der Waals surface area contributed by atoms with Crippen molar-refractivity contribution in [3.05, 3.63) is 68.7 Å². The lowest BCUT2D eigenvalue weighted by Crippen LogP contribution is -2.49. The van der Waals surface area contributed by atoms with Crippen LogP contribution in [-0.2, 0) is 0 Å². The van der Waals surface area contributed by atoms with Crippen LogP contribution in [0.5, 0.6) is 0 Å². The van der Waals surface area contributed by atoms with Crippen LogP contribution in [0.2, 0.25) is 5.02 Å². The highest BCUT2D eigenvalue weighted by atomic mass is 35.5. The van der Waals surface area contributed by atoms with Crippen LogP contribution in [0.25, 0.3) is 0 Å². The Morgan fingerprint density at radius 1 is 1.04 bits per heavy atom. The van der Waals surface area contributed by atoms with Gasteiger partial charge in [0, 0.05) is 49.0 Å². The first kappa shape index (κ1) is 18.7. The molecule has 1 fully saturated rings. The number of non-ortho nitro benzene ring substituents is 1. The lowest BCUT2D eigenvalue weighted by Gasteiger charge is -2.36. The predicted molar refractivity (Wildman–Crippen MR) is 99.6 cm³/mol. The van der Waals surface area contributed by atoms with E-state index in [0.717, 1.165) is 17.8 Å². The average Bonchev–Trinajstić information content (AvgIpc) is 2.67. The van der Waals surface area contributed by atoms with Gasteiger partial charge in [-0.1, -0.05) is 17.7 Å². The van der Waals surface area contributed by atoms with Crippen molar-refractivity contribution in [2.45, 2.75) is 0 Å². The van der Waals surface area contributed by atoms with E-state index in [-0.39, 0.29) is 16.8 Å². The molecule has 0 bridgehead atoms. The van der Waals surface area contributed by atoms with E-state index in [2.05, 4.69) is 4.90 Å². The second-order valence-corrected chi connectivity index (χ2v) is 6.49. The Balaban J connectivity index is 1.76. The van der Waals surface area contributed by atoms with E-state index in [1.807, 2.05) is 18.2 Å². The molecule has 0 aromatic heterocycles. The Hall–Kier alpha value is -3.13. The molecule has 0 unspecified atom stereocenters. The van der Waals surface area contributed by atoms with Crippen molar-refractivity contribution in [2.24, 2.45) is 0 Å². The molecule has 9 heteroatoms. The number of benzene rings is 2. The summed E-state index contributed by atoms with van der Waals surface area (Å²) in [6, 6.07) is 10.7. The number of carbonyl (C=O) groups excluding carboxylic acids is 1. The van der Waals surface area contributed by atoms with Gasteiger partial charge in [-0.2, -0.15) is 0 Å². The SMILES string of the molecule is O=C(O)c1cc([N+](=O)[O-])ccc1C(=O)N1CCN(c2cccc(Cl)c2)CC1. The van der Waals surface area contributed by atoms with E-state index in [1.54, 1.807) is 11.0 Å². The van der Waals surface area contributed by atoms with E-state index in [0.29, 0.717) is 31.2 Å². The van der Waals surface area contributed by atoms with Crippen molar-refractivity contribution in [3.63, 3.8) is 0 Å². The van der Waals surface area contributed by atoms with Crippen molar-refractivity contribution in [2.75, 3.05) is 31.1 Å². The van der Waals surface area contributed by atoms with Gasteiger partial charge >= 0.3 is 5.97 Å². The average molecular weight is 390 g/mol. The number of carbonyl (C=O) groups is 2. The summed E-state index contributed by atoms with van der Waals surface area (Å²) in [5, 5.41) is 20.8. The lowest BCUT2D eigenvalue weighted by molar-refractivity contribution is -0.384. The predicted octanol–water partition coefficient (Wildman–Crippen LogP) is 2.91. The second-order valence-electron chi connectivity index (χ2n) is 6.05. The highest BCUT2D eigenvalue weighted by Gasteiger charge is 2.27. The van der Waals surface area contributed by atoms with E-state index in [4.69, 9.17) is 11.6 Å². The van der Waals surface area contributed by atoms with Crippen molar-refractivity contribution in [3.8, 4) is 0 Å². The zero-order valence-electron chi connectivity index (χ0n) is 14.2. The van der Waals surface area contributed by atoms with Crippen LogP contribution in [0.4, 0.5) is 11.4 Å². The molecule has 3 rings (SSSR count). The summed E-state index contributed by atoms with van der Waals surface area (Å²) in [5.74, 6) is -1.83. The minimum atomic E-state index is -1.38. The van der Waals surface area contributed by atoms with Crippen molar-refractivity contribution >= 4 is 34.9 Å². The summed E-state index contributed by atoms with van der Waals surface area (Å²) in [4.78, 5) is 38.0. The van der Waals surface area contributed by atoms with Crippen molar-refractivity contribution in [1.29, 1.82) is 0 Å². The number of anilines is 1. The summed E-state index contributed by atoms with van der Waals surface area (Å²) in [6.45, 7) is 1.95. The first-order valence-corrected chi connectivity index (χ1v) is 8.56. The number of hydrogen-bond donors (Lipinski definition) is 1. The Bertz CT molecular complexity index is 910. The van der Waals surface area contributed by atoms with Gasteiger partial charge in [-0.3, -0.25) is 14.9 Å². The molecule has 0 spiro atoms. The third kappa shape index (κ3) is 4.01. The number of halogens is 1. The Morgan fingerprint density at radius 3 is 2.33 bits per heavy atom.